The van der Waals surface area contributed by atoms with Crippen molar-refractivity contribution < 1.29 is 19.1 Å². The number of nitrogens with zero attached hydrogens (tertiary/aromatic N) is 1. The molecule has 5 nitrogen and oxygen atoms in total. The number of rotatable bonds is 3. The number of hydrogen-bond acceptors (Lipinski definition) is 5. The van der Waals surface area contributed by atoms with Crippen molar-refractivity contribution in [2.45, 2.75) is 0 Å². The maximum Gasteiger partial charge on any atom is 0.325 e. The highest BCUT2D eigenvalue weighted by molar-refractivity contribution is 14.1. The van der Waals surface area contributed by atoms with Crippen LogP contribution in [0.1, 0.15) is 5.56 Å². The zero-order valence-electron chi connectivity index (χ0n) is 10.5. The van der Waals surface area contributed by atoms with Crippen molar-refractivity contribution in [1.29, 1.82) is 0 Å². The first kappa shape index (κ1) is 15.0. The van der Waals surface area contributed by atoms with Crippen LogP contribution in [0.5, 0.6) is 0 Å². The fourth-order valence-electron chi connectivity index (χ4n) is 1.56. The van der Waals surface area contributed by atoms with E-state index in [0.717, 1.165) is 25.8 Å². The fourth-order valence-corrected chi connectivity index (χ4v) is 2.94. The second kappa shape index (κ2) is 6.40. The minimum absolute atomic E-state index is 0.308. The van der Waals surface area contributed by atoms with Gasteiger partial charge in [0, 0.05) is 3.57 Å². The van der Waals surface area contributed by atoms with Gasteiger partial charge in [-0.2, -0.15) is 0 Å². The van der Waals surface area contributed by atoms with Crippen molar-refractivity contribution in [3.8, 4) is 0 Å². The van der Waals surface area contributed by atoms with Crippen LogP contribution in [0.15, 0.2) is 29.2 Å². The Morgan fingerprint density at radius 1 is 1.40 bits per heavy atom. The minimum Gasteiger partial charge on any atom is -0.468 e. The summed E-state index contributed by atoms with van der Waals surface area (Å²) in [7, 11) is 1.21. The van der Waals surface area contributed by atoms with Gasteiger partial charge in [-0.15, -0.1) is 0 Å². The number of ether oxygens (including phenoxy) is 1. The molecule has 1 heterocycles. The second-order valence-corrected chi connectivity index (χ2v) is 6.02. The van der Waals surface area contributed by atoms with E-state index in [-0.39, 0.29) is 6.54 Å². The van der Waals surface area contributed by atoms with Crippen LogP contribution in [-0.4, -0.2) is 35.7 Å². The molecule has 0 saturated carbocycles. The summed E-state index contributed by atoms with van der Waals surface area (Å²) in [5.41, 5.74) is 0.858. The smallest absolute Gasteiger partial charge is 0.325 e. The predicted molar refractivity (Wildman–Crippen MR) is 83.9 cm³/mol. The highest BCUT2D eigenvalue weighted by Gasteiger charge is 2.36. The van der Waals surface area contributed by atoms with Crippen molar-refractivity contribution in [1.82, 2.24) is 4.90 Å². The Morgan fingerprint density at radius 2 is 2.10 bits per heavy atom. The molecule has 0 atom stereocenters. The van der Waals surface area contributed by atoms with Crippen LogP contribution in [0.2, 0.25) is 0 Å². The third-order valence-electron chi connectivity index (χ3n) is 2.58. The molecule has 0 bridgehead atoms. The first-order chi connectivity index (χ1) is 9.52. The zero-order valence-corrected chi connectivity index (χ0v) is 13.4. The van der Waals surface area contributed by atoms with Gasteiger partial charge in [-0.1, -0.05) is 18.2 Å². The van der Waals surface area contributed by atoms with Crippen molar-refractivity contribution in [2.75, 3.05) is 13.7 Å². The van der Waals surface area contributed by atoms with Crippen LogP contribution >= 0.6 is 34.4 Å². The lowest BCUT2D eigenvalue weighted by molar-refractivity contribution is -0.143. The summed E-state index contributed by atoms with van der Waals surface area (Å²) in [5, 5.41) is -0.461. The number of thioether (sulfide) groups is 1. The van der Waals surface area contributed by atoms with E-state index in [4.69, 9.17) is 0 Å². The normalized spacial score (nSPS) is 16.9. The molecule has 1 saturated heterocycles. The van der Waals surface area contributed by atoms with E-state index in [9.17, 15) is 14.4 Å². The van der Waals surface area contributed by atoms with Gasteiger partial charge in [0.05, 0.1) is 12.0 Å². The van der Waals surface area contributed by atoms with Crippen LogP contribution in [0.3, 0.4) is 0 Å². The molecular formula is C13H10INO4S. The molecule has 1 aliphatic heterocycles. The van der Waals surface area contributed by atoms with Gasteiger partial charge in [0.1, 0.15) is 6.54 Å². The van der Waals surface area contributed by atoms with Crippen LogP contribution in [-0.2, 0) is 14.3 Å². The highest BCUT2D eigenvalue weighted by Crippen LogP contribution is 2.32. The van der Waals surface area contributed by atoms with E-state index in [1.165, 1.54) is 7.11 Å². The second-order valence-electron chi connectivity index (χ2n) is 3.87. The van der Waals surface area contributed by atoms with E-state index in [1.54, 1.807) is 6.08 Å². The molecular weight excluding hydrogens is 393 g/mol. The number of esters is 1. The third-order valence-corrected chi connectivity index (χ3v) is 4.47. The van der Waals surface area contributed by atoms with Gasteiger partial charge < -0.3 is 4.74 Å². The number of carbonyl (C=O) groups is 3. The number of imide groups is 1. The van der Waals surface area contributed by atoms with E-state index in [1.807, 2.05) is 24.3 Å². The lowest BCUT2D eigenvalue weighted by Crippen LogP contribution is -2.34. The van der Waals surface area contributed by atoms with Gasteiger partial charge in [0.15, 0.2) is 0 Å². The van der Waals surface area contributed by atoms with E-state index in [0.29, 0.717) is 4.91 Å². The summed E-state index contributed by atoms with van der Waals surface area (Å²) in [6.45, 7) is -0.357. The zero-order chi connectivity index (χ0) is 14.7. The summed E-state index contributed by atoms with van der Waals surface area (Å²) in [4.78, 5) is 36.2. The lowest BCUT2D eigenvalue weighted by atomic mass is 10.2. The Hall–Kier alpha value is -1.35. The number of methoxy groups -OCH3 is 1. The first-order valence-corrected chi connectivity index (χ1v) is 7.49. The molecule has 0 aromatic heterocycles. The minimum atomic E-state index is -0.622. The van der Waals surface area contributed by atoms with Gasteiger partial charge in [-0.25, -0.2) is 0 Å². The molecule has 1 aromatic carbocycles. The maximum absolute atomic E-state index is 12.1. The number of hydrogen-bond donors (Lipinski definition) is 0. The Labute approximate surface area is 133 Å². The van der Waals surface area contributed by atoms with Gasteiger partial charge in [-0.05, 0) is 52.1 Å². The number of halogens is 1. The van der Waals surface area contributed by atoms with Crippen LogP contribution in [0.25, 0.3) is 6.08 Å². The molecule has 0 spiro atoms. The maximum atomic E-state index is 12.1. The van der Waals surface area contributed by atoms with Gasteiger partial charge >= 0.3 is 5.97 Å². The Kier molecular flexibility index (Phi) is 4.81. The average Bonchev–Trinajstić information content (AvgIpc) is 2.69. The quantitative estimate of drug-likeness (QED) is 0.441. The Bertz CT molecular complexity index is 614. The predicted octanol–water partition coefficient (Wildman–Crippen LogP) is 2.50. The SMILES string of the molecule is COC(=O)CN1C(=O)S/C(=C/c2ccccc2I)C1=O. The monoisotopic (exact) mass is 403 g/mol. The standard InChI is InChI=1S/C13H10INO4S/c1-19-11(16)7-15-12(17)10(20-13(15)18)6-8-4-2-3-5-9(8)14/h2-6H,7H2,1H3/b10-6+. The summed E-state index contributed by atoms with van der Waals surface area (Å²) in [6.07, 6.45) is 1.66. The van der Waals surface area contributed by atoms with Gasteiger partial charge in [0.25, 0.3) is 11.1 Å². The molecule has 2 rings (SSSR count). The number of benzene rings is 1. The Balaban J connectivity index is 2.24. The topological polar surface area (TPSA) is 63.7 Å². The third kappa shape index (κ3) is 3.21. The van der Waals surface area contributed by atoms with Crippen molar-refractivity contribution in [3.05, 3.63) is 38.3 Å². The lowest BCUT2D eigenvalue weighted by Gasteiger charge is -2.09. The van der Waals surface area contributed by atoms with Gasteiger partial charge in [-0.3, -0.25) is 19.3 Å². The number of amides is 2. The molecule has 2 amide bonds. The van der Waals surface area contributed by atoms with Crippen molar-refractivity contribution in [2.24, 2.45) is 0 Å². The molecule has 7 heteroatoms. The molecule has 0 aliphatic carbocycles. The number of carbonyl (C=O) groups excluding carboxylic acids is 3. The largest absolute Gasteiger partial charge is 0.468 e. The van der Waals surface area contributed by atoms with E-state index >= 15 is 0 Å². The molecule has 104 valence electrons. The molecule has 1 fully saturated rings. The summed E-state index contributed by atoms with van der Waals surface area (Å²) in [5.74, 6) is -1.09. The molecule has 0 N–H and O–H groups in total. The molecule has 20 heavy (non-hydrogen) atoms. The first-order valence-electron chi connectivity index (χ1n) is 5.59. The highest BCUT2D eigenvalue weighted by atomic mass is 127. The van der Waals surface area contributed by atoms with E-state index in [2.05, 4.69) is 27.3 Å². The molecule has 0 unspecified atom stereocenters. The average molecular weight is 403 g/mol. The summed E-state index contributed by atoms with van der Waals surface area (Å²) >= 11 is 2.98. The van der Waals surface area contributed by atoms with Gasteiger partial charge in [0.2, 0.25) is 0 Å². The van der Waals surface area contributed by atoms with E-state index < -0.39 is 17.1 Å². The van der Waals surface area contributed by atoms with Crippen LogP contribution < -0.4 is 0 Å². The molecule has 1 aliphatic rings. The summed E-state index contributed by atoms with van der Waals surface area (Å²) < 4.78 is 5.44. The molecule has 0 radical (unpaired) electrons. The van der Waals surface area contributed by atoms with Crippen LogP contribution in [0.4, 0.5) is 4.79 Å². The molecule has 1 aromatic rings. The Morgan fingerprint density at radius 3 is 2.75 bits per heavy atom. The van der Waals surface area contributed by atoms with Crippen molar-refractivity contribution in [3.63, 3.8) is 0 Å². The fraction of sp³-hybridized carbons (Fsp3) is 0.154. The van der Waals surface area contributed by atoms with Crippen LogP contribution in [0, 0.1) is 3.57 Å². The summed E-state index contributed by atoms with van der Waals surface area (Å²) in [6, 6.07) is 7.51. The van der Waals surface area contributed by atoms with Crippen molar-refractivity contribution >= 4 is 57.5 Å².